The first kappa shape index (κ1) is 18.0. The average molecular weight is 353 g/mol. The van der Waals surface area contributed by atoms with Crippen LogP contribution in [0.4, 0.5) is 0 Å². The number of aromatic nitrogens is 3. The number of hydrogen-bond donors (Lipinski definition) is 4. The highest BCUT2D eigenvalue weighted by molar-refractivity contribution is 7.46. The van der Waals surface area contributed by atoms with Gasteiger partial charge in [-0.1, -0.05) is 0 Å². The van der Waals surface area contributed by atoms with Crippen molar-refractivity contribution in [1.82, 2.24) is 15.0 Å². The van der Waals surface area contributed by atoms with Gasteiger partial charge in [-0.05, 0) is 19.1 Å². The van der Waals surface area contributed by atoms with Gasteiger partial charge in [-0.2, -0.15) is 0 Å². The molecule has 128 valence electrons. The lowest BCUT2D eigenvalue weighted by molar-refractivity contribution is -0.114. The largest absolute Gasteiger partial charge is 0.505 e. The van der Waals surface area contributed by atoms with Gasteiger partial charge in [0.2, 0.25) is 0 Å². The molecule has 0 aromatic carbocycles. The zero-order valence-electron chi connectivity index (χ0n) is 12.7. The van der Waals surface area contributed by atoms with E-state index in [9.17, 15) is 14.5 Å². The summed E-state index contributed by atoms with van der Waals surface area (Å²) in [6, 6.07) is 0. The van der Waals surface area contributed by atoms with Crippen LogP contribution in [0.5, 0.6) is 5.75 Å². The summed E-state index contributed by atoms with van der Waals surface area (Å²) in [4.78, 5) is 40.0. The van der Waals surface area contributed by atoms with E-state index in [-0.39, 0.29) is 29.1 Å². The van der Waals surface area contributed by atoms with Gasteiger partial charge in [-0.3, -0.25) is 14.3 Å². The minimum Gasteiger partial charge on any atom is -0.505 e. The van der Waals surface area contributed by atoms with E-state index < -0.39 is 14.4 Å². The fourth-order valence-corrected chi connectivity index (χ4v) is 2.22. The highest BCUT2D eigenvalue weighted by Crippen LogP contribution is 2.38. The molecule has 0 saturated heterocycles. The van der Waals surface area contributed by atoms with Crippen molar-refractivity contribution in [3.05, 3.63) is 47.3 Å². The normalized spacial score (nSPS) is 12.0. The SMILES string of the molecule is Cc1ncc(COP(=O)(O)O)c(/C=C/C(=O)Cc2cnc[nH]2)c1O. The number of allylic oxidation sites excluding steroid dienone is 1. The zero-order chi connectivity index (χ0) is 17.7. The Morgan fingerprint density at radius 2 is 2.17 bits per heavy atom. The van der Waals surface area contributed by atoms with Crippen LogP contribution < -0.4 is 0 Å². The lowest BCUT2D eigenvalue weighted by Crippen LogP contribution is -2.00. The third kappa shape index (κ3) is 5.10. The summed E-state index contributed by atoms with van der Waals surface area (Å²) in [5.41, 5.74) is 1.42. The number of hydrogen-bond acceptors (Lipinski definition) is 6. The topological polar surface area (TPSA) is 146 Å². The van der Waals surface area contributed by atoms with Crippen molar-refractivity contribution in [1.29, 1.82) is 0 Å². The number of H-pyrrole nitrogens is 1. The van der Waals surface area contributed by atoms with E-state index in [2.05, 4.69) is 19.5 Å². The first-order valence-corrected chi connectivity index (χ1v) is 8.35. The molecule has 2 aromatic heterocycles. The van der Waals surface area contributed by atoms with Crippen LogP contribution in [0.15, 0.2) is 24.8 Å². The molecule has 0 radical (unpaired) electrons. The van der Waals surface area contributed by atoms with Crippen LogP contribution in [0.2, 0.25) is 0 Å². The average Bonchev–Trinajstić information content (AvgIpc) is 2.99. The molecule has 0 spiro atoms. The highest BCUT2D eigenvalue weighted by Gasteiger charge is 2.17. The van der Waals surface area contributed by atoms with Gasteiger partial charge in [0.15, 0.2) is 5.78 Å². The monoisotopic (exact) mass is 353 g/mol. The predicted molar refractivity (Wildman–Crippen MR) is 83.8 cm³/mol. The van der Waals surface area contributed by atoms with Crippen molar-refractivity contribution in [3.63, 3.8) is 0 Å². The quantitative estimate of drug-likeness (QED) is 0.430. The number of rotatable bonds is 7. The predicted octanol–water partition coefficient (Wildman–Crippen LogP) is 1.25. The molecule has 0 saturated carbocycles. The molecule has 0 amide bonds. The molecule has 9 nitrogen and oxygen atoms in total. The van der Waals surface area contributed by atoms with Gasteiger partial charge in [0.25, 0.3) is 0 Å². The van der Waals surface area contributed by atoms with E-state index in [4.69, 9.17) is 9.79 Å². The minimum absolute atomic E-state index is 0.107. The van der Waals surface area contributed by atoms with Crippen LogP contribution in [0.3, 0.4) is 0 Å². The minimum atomic E-state index is -4.67. The van der Waals surface area contributed by atoms with E-state index >= 15 is 0 Å². The van der Waals surface area contributed by atoms with Crippen molar-refractivity contribution in [3.8, 4) is 5.75 Å². The first-order chi connectivity index (χ1) is 11.3. The number of imidazole rings is 1. The molecular weight excluding hydrogens is 337 g/mol. The van der Waals surface area contributed by atoms with Gasteiger partial charge in [-0.15, -0.1) is 0 Å². The molecule has 2 aromatic rings. The lowest BCUT2D eigenvalue weighted by Gasteiger charge is -2.10. The first-order valence-electron chi connectivity index (χ1n) is 6.82. The molecule has 4 N–H and O–H groups in total. The fraction of sp³-hybridized carbons (Fsp3) is 0.214. The number of carbonyl (C=O) groups is 1. The molecule has 0 fully saturated rings. The zero-order valence-corrected chi connectivity index (χ0v) is 13.6. The molecule has 10 heteroatoms. The Balaban J connectivity index is 2.20. The molecule has 2 rings (SSSR count). The Morgan fingerprint density at radius 3 is 2.79 bits per heavy atom. The van der Waals surface area contributed by atoms with Crippen molar-refractivity contribution >= 4 is 19.7 Å². The Kier molecular flexibility index (Phi) is 5.63. The smallest absolute Gasteiger partial charge is 0.469 e. The van der Waals surface area contributed by atoms with Crippen LogP contribution >= 0.6 is 7.82 Å². The summed E-state index contributed by atoms with van der Waals surface area (Å²) in [6.45, 7) is 1.10. The summed E-state index contributed by atoms with van der Waals surface area (Å²) >= 11 is 0. The van der Waals surface area contributed by atoms with Gasteiger partial charge < -0.3 is 19.9 Å². The molecule has 0 bridgehead atoms. The van der Waals surface area contributed by atoms with Crippen LogP contribution in [0, 0.1) is 6.92 Å². The second kappa shape index (κ2) is 7.50. The number of carbonyl (C=O) groups excluding carboxylic acids is 1. The Hall–Kier alpha value is -2.32. The third-order valence-corrected chi connectivity index (χ3v) is 3.57. The molecule has 0 atom stereocenters. The summed E-state index contributed by atoms with van der Waals surface area (Å²) < 4.78 is 15.2. The third-order valence-electron chi connectivity index (χ3n) is 3.10. The van der Waals surface area contributed by atoms with Crippen molar-refractivity contribution in [2.45, 2.75) is 20.0 Å². The maximum atomic E-state index is 11.9. The lowest BCUT2D eigenvalue weighted by atomic mass is 10.1. The number of phosphoric acid groups is 1. The van der Waals surface area contributed by atoms with Crippen LogP contribution in [-0.4, -0.2) is 35.6 Å². The molecule has 2 heterocycles. The number of aryl methyl sites for hydroxylation is 1. The Labute approximate surface area is 137 Å². The van der Waals surface area contributed by atoms with Crippen LogP contribution in [-0.2, 0) is 26.9 Å². The standard InChI is InChI=1S/C14H16N3O6P/c1-9-14(19)13(10(5-16-9)7-23-24(20,21)22)3-2-12(18)4-11-6-15-8-17-11/h2-3,5-6,8,19H,4,7H2,1H3,(H,15,17)(H2,20,21,22)/b3-2+. The maximum Gasteiger partial charge on any atom is 0.469 e. The summed E-state index contributed by atoms with van der Waals surface area (Å²) in [6.07, 6.45) is 7.04. The van der Waals surface area contributed by atoms with Gasteiger partial charge in [0.1, 0.15) is 5.75 Å². The Bertz CT molecular complexity index is 797. The molecule has 0 unspecified atom stereocenters. The van der Waals surface area contributed by atoms with Gasteiger partial charge in [0.05, 0.1) is 25.0 Å². The summed E-state index contributed by atoms with van der Waals surface area (Å²) in [7, 11) is -4.67. The number of ketones is 1. The number of aromatic amines is 1. The second-order valence-electron chi connectivity index (χ2n) is 4.95. The van der Waals surface area contributed by atoms with E-state index in [1.807, 2.05) is 0 Å². The molecule has 0 aliphatic carbocycles. The molecule has 0 aliphatic heterocycles. The number of aromatic hydroxyl groups is 1. The molecular formula is C14H16N3O6P. The highest BCUT2D eigenvalue weighted by atomic mass is 31.2. The second-order valence-corrected chi connectivity index (χ2v) is 6.19. The van der Waals surface area contributed by atoms with E-state index in [0.29, 0.717) is 11.4 Å². The van der Waals surface area contributed by atoms with Gasteiger partial charge >= 0.3 is 7.82 Å². The molecule has 0 aliphatic rings. The Morgan fingerprint density at radius 1 is 1.42 bits per heavy atom. The fourth-order valence-electron chi connectivity index (χ4n) is 1.91. The van der Waals surface area contributed by atoms with Gasteiger partial charge in [0, 0.05) is 29.2 Å². The maximum absolute atomic E-state index is 11.9. The van der Waals surface area contributed by atoms with Crippen LogP contribution in [0.1, 0.15) is 22.5 Å². The summed E-state index contributed by atoms with van der Waals surface area (Å²) in [5.74, 6) is -0.428. The number of nitrogens with zero attached hydrogens (tertiary/aromatic N) is 2. The number of pyridine rings is 1. The van der Waals surface area contributed by atoms with Crippen molar-refractivity contribution < 1.29 is 28.8 Å². The van der Waals surface area contributed by atoms with Gasteiger partial charge in [-0.25, -0.2) is 9.55 Å². The number of nitrogens with one attached hydrogen (secondary N) is 1. The number of phosphoric ester groups is 1. The van der Waals surface area contributed by atoms with E-state index in [1.165, 1.54) is 30.9 Å². The van der Waals surface area contributed by atoms with Crippen LogP contribution in [0.25, 0.3) is 6.08 Å². The molecule has 24 heavy (non-hydrogen) atoms. The summed E-state index contributed by atoms with van der Waals surface area (Å²) in [5, 5.41) is 10.1. The van der Waals surface area contributed by atoms with Crippen molar-refractivity contribution in [2.24, 2.45) is 0 Å². The van der Waals surface area contributed by atoms with Crippen molar-refractivity contribution in [2.75, 3.05) is 0 Å². The van der Waals surface area contributed by atoms with E-state index in [0.717, 1.165) is 0 Å². The van der Waals surface area contributed by atoms with E-state index in [1.54, 1.807) is 6.92 Å².